The SMILES string of the molecule is Oc1ccc(O)n1-c1cc(-c2ccncc2)nn1-c1ccc(C(O)(C(F)(F)F)C(F)(F)F)cc1. The zero-order valence-corrected chi connectivity index (χ0v) is 16.7. The molecule has 0 radical (unpaired) electrons. The first-order valence-corrected chi connectivity index (χ1v) is 9.42. The van der Waals surface area contributed by atoms with Crippen LogP contribution in [0.3, 0.4) is 0 Å². The molecule has 0 aliphatic rings. The summed E-state index contributed by atoms with van der Waals surface area (Å²) in [4.78, 5) is 3.88. The minimum atomic E-state index is -6.03. The maximum absolute atomic E-state index is 13.2. The van der Waals surface area contributed by atoms with Gasteiger partial charge in [-0.1, -0.05) is 12.1 Å². The summed E-state index contributed by atoms with van der Waals surface area (Å²) < 4.78 is 81.2. The van der Waals surface area contributed by atoms with Crippen molar-refractivity contribution in [3.8, 4) is 34.5 Å². The topological polar surface area (TPSA) is 96.3 Å². The summed E-state index contributed by atoms with van der Waals surface area (Å²) in [6, 6.07) is 9.72. The van der Waals surface area contributed by atoms with Crippen LogP contribution < -0.4 is 0 Å². The quantitative estimate of drug-likeness (QED) is 0.372. The van der Waals surface area contributed by atoms with E-state index in [-0.39, 0.29) is 11.5 Å². The van der Waals surface area contributed by atoms with Crippen LogP contribution >= 0.6 is 0 Å². The first kappa shape index (κ1) is 23.2. The normalized spacial score (nSPS) is 12.8. The van der Waals surface area contributed by atoms with Crippen molar-refractivity contribution in [2.24, 2.45) is 0 Å². The summed E-state index contributed by atoms with van der Waals surface area (Å²) >= 11 is 0. The Kier molecular flexibility index (Phi) is 5.31. The Labute approximate surface area is 186 Å². The molecule has 178 valence electrons. The van der Waals surface area contributed by atoms with Gasteiger partial charge in [0, 0.05) is 41.7 Å². The van der Waals surface area contributed by atoms with E-state index < -0.39 is 35.3 Å². The average Bonchev–Trinajstić information content (AvgIpc) is 3.35. The summed E-state index contributed by atoms with van der Waals surface area (Å²) in [6.45, 7) is 0. The number of hydrogen-bond donors (Lipinski definition) is 3. The Balaban J connectivity index is 1.87. The molecule has 1 aromatic carbocycles. The molecule has 34 heavy (non-hydrogen) atoms. The Hall–Kier alpha value is -4.00. The van der Waals surface area contributed by atoms with Gasteiger partial charge < -0.3 is 15.3 Å². The van der Waals surface area contributed by atoms with Crippen LogP contribution in [-0.4, -0.2) is 47.0 Å². The van der Waals surface area contributed by atoms with Gasteiger partial charge in [-0.15, -0.1) is 0 Å². The molecule has 0 saturated heterocycles. The number of benzene rings is 1. The molecule has 0 saturated carbocycles. The van der Waals surface area contributed by atoms with E-state index in [1.807, 2.05) is 0 Å². The fraction of sp³-hybridized carbons (Fsp3) is 0.143. The molecule has 4 rings (SSSR count). The van der Waals surface area contributed by atoms with Crippen LogP contribution in [0.1, 0.15) is 5.56 Å². The van der Waals surface area contributed by atoms with Gasteiger partial charge in [-0.3, -0.25) is 4.98 Å². The highest BCUT2D eigenvalue weighted by atomic mass is 19.4. The molecule has 0 atom stereocenters. The van der Waals surface area contributed by atoms with E-state index >= 15 is 0 Å². The summed E-state index contributed by atoms with van der Waals surface area (Å²) in [5.74, 6) is -0.776. The second-order valence-corrected chi connectivity index (χ2v) is 7.17. The lowest BCUT2D eigenvalue weighted by molar-refractivity contribution is -0.376. The van der Waals surface area contributed by atoms with E-state index in [1.54, 1.807) is 12.1 Å². The third-order valence-electron chi connectivity index (χ3n) is 5.09. The molecular formula is C21H14F6N4O3. The maximum Gasteiger partial charge on any atom is 0.430 e. The first-order chi connectivity index (χ1) is 15.8. The van der Waals surface area contributed by atoms with E-state index in [2.05, 4.69) is 10.1 Å². The van der Waals surface area contributed by atoms with E-state index in [0.717, 1.165) is 21.4 Å². The number of aromatic hydroxyl groups is 2. The highest BCUT2D eigenvalue weighted by Crippen LogP contribution is 2.50. The van der Waals surface area contributed by atoms with Crippen molar-refractivity contribution in [2.75, 3.05) is 0 Å². The molecule has 3 aromatic heterocycles. The van der Waals surface area contributed by atoms with Crippen LogP contribution in [-0.2, 0) is 5.60 Å². The van der Waals surface area contributed by atoms with E-state index in [1.165, 1.54) is 30.6 Å². The van der Waals surface area contributed by atoms with Crippen LogP contribution in [0.2, 0.25) is 0 Å². The number of nitrogens with zero attached hydrogens (tertiary/aromatic N) is 4. The molecule has 0 aliphatic heterocycles. The van der Waals surface area contributed by atoms with E-state index in [0.29, 0.717) is 23.4 Å². The van der Waals surface area contributed by atoms with Gasteiger partial charge in [0.2, 0.25) is 0 Å². The molecule has 3 heterocycles. The number of aromatic nitrogens is 4. The van der Waals surface area contributed by atoms with Gasteiger partial charge in [-0.2, -0.15) is 31.4 Å². The number of halogens is 6. The van der Waals surface area contributed by atoms with Crippen LogP contribution in [0.4, 0.5) is 26.3 Å². The number of hydrogen-bond acceptors (Lipinski definition) is 5. The van der Waals surface area contributed by atoms with Crippen molar-refractivity contribution in [3.05, 3.63) is 72.6 Å². The van der Waals surface area contributed by atoms with Crippen molar-refractivity contribution < 1.29 is 41.7 Å². The van der Waals surface area contributed by atoms with Crippen LogP contribution in [0.25, 0.3) is 22.8 Å². The summed E-state index contributed by atoms with van der Waals surface area (Å²) in [5, 5.41) is 34.2. The Morgan fingerprint density at radius 1 is 0.735 bits per heavy atom. The molecule has 7 nitrogen and oxygen atoms in total. The molecule has 4 aromatic rings. The second kappa shape index (κ2) is 7.80. The van der Waals surface area contributed by atoms with Crippen LogP contribution in [0, 0.1) is 0 Å². The van der Waals surface area contributed by atoms with Gasteiger partial charge in [0.1, 0.15) is 5.82 Å². The van der Waals surface area contributed by atoms with E-state index in [4.69, 9.17) is 0 Å². The Morgan fingerprint density at radius 3 is 1.76 bits per heavy atom. The van der Waals surface area contributed by atoms with Crippen molar-refractivity contribution >= 4 is 0 Å². The molecule has 0 bridgehead atoms. The standard InChI is InChI=1S/C21H14F6N4O3/c22-20(23,24)19(34,21(25,26)27)13-1-3-14(4-2-13)31-16(30-17(32)5-6-18(30)33)11-15(29-31)12-7-9-28-10-8-12/h1-11,32-34H. The molecule has 0 unspecified atom stereocenters. The van der Waals surface area contributed by atoms with Gasteiger partial charge in [-0.05, 0) is 24.3 Å². The predicted molar refractivity (Wildman–Crippen MR) is 105 cm³/mol. The monoisotopic (exact) mass is 484 g/mol. The van der Waals surface area contributed by atoms with Gasteiger partial charge in [0.25, 0.3) is 5.60 Å². The zero-order valence-electron chi connectivity index (χ0n) is 16.7. The van der Waals surface area contributed by atoms with Crippen molar-refractivity contribution in [1.82, 2.24) is 19.3 Å². The maximum atomic E-state index is 13.2. The van der Waals surface area contributed by atoms with Gasteiger partial charge >= 0.3 is 12.4 Å². The summed E-state index contributed by atoms with van der Waals surface area (Å²) in [5.41, 5.74) is -5.67. The molecular weight excluding hydrogens is 470 g/mol. The summed E-state index contributed by atoms with van der Waals surface area (Å²) in [7, 11) is 0. The fourth-order valence-electron chi connectivity index (χ4n) is 3.37. The second-order valence-electron chi connectivity index (χ2n) is 7.17. The third-order valence-corrected chi connectivity index (χ3v) is 5.09. The fourth-order valence-corrected chi connectivity index (χ4v) is 3.37. The first-order valence-electron chi connectivity index (χ1n) is 9.42. The van der Waals surface area contributed by atoms with E-state index in [9.17, 15) is 41.7 Å². The van der Waals surface area contributed by atoms with Crippen molar-refractivity contribution in [3.63, 3.8) is 0 Å². The highest BCUT2D eigenvalue weighted by Gasteiger charge is 2.71. The summed E-state index contributed by atoms with van der Waals surface area (Å²) in [6.07, 6.45) is -9.10. The molecule has 0 fully saturated rings. The highest BCUT2D eigenvalue weighted by molar-refractivity contribution is 5.62. The average molecular weight is 484 g/mol. The minimum absolute atomic E-state index is 0.0155. The van der Waals surface area contributed by atoms with Crippen LogP contribution in [0.15, 0.2) is 67.0 Å². The molecule has 3 N–H and O–H groups in total. The number of rotatable bonds is 4. The lowest BCUT2D eigenvalue weighted by Gasteiger charge is -2.32. The number of pyridine rings is 1. The van der Waals surface area contributed by atoms with Crippen molar-refractivity contribution in [2.45, 2.75) is 18.0 Å². The molecule has 0 spiro atoms. The lowest BCUT2D eigenvalue weighted by Crippen LogP contribution is -2.53. The minimum Gasteiger partial charge on any atom is -0.494 e. The predicted octanol–water partition coefficient (Wildman–Crippen LogP) is 4.45. The van der Waals surface area contributed by atoms with Crippen molar-refractivity contribution in [1.29, 1.82) is 0 Å². The lowest BCUT2D eigenvalue weighted by atomic mass is 9.92. The number of alkyl halides is 6. The Morgan fingerprint density at radius 2 is 1.26 bits per heavy atom. The van der Waals surface area contributed by atoms with Gasteiger partial charge in [-0.25, -0.2) is 9.25 Å². The zero-order chi connectivity index (χ0) is 24.9. The number of aliphatic hydroxyl groups is 1. The van der Waals surface area contributed by atoms with Crippen LogP contribution in [0.5, 0.6) is 11.8 Å². The van der Waals surface area contributed by atoms with Gasteiger partial charge in [0.15, 0.2) is 11.8 Å². The molecule has 0 aliphatic carbocycles. The molecule has 13 heteroatoms. The largest absolute Gasteiger partial charge is 0.494 e. The molecule has 0 amide bonds. The Bertz CT molecular complexity index is 1280. The smallest absolute Gasteiger partial charge is 0.430 e. The van der Waals surface area contributed by atoms with Gasteiger partial charge in [0.05, 0.1) is 11.4 Å². The third kappa shape index (κ3) is 3.63.